The number of hydrogen-bond donors (Lipinski definition) is 1. The number of Topliss-reactive ketones (excluding diaryl/α,β-unsaturated/α-hetero) is 1. The van der Waals surface area contributed by atoms with Gasteiger partial charge in [-0.25, -0.2) is 8.78 Å². The lowest BCUT2D eigenvalue weighted by Gasteiger charge is -2.31. The van der Waals surface area contributed by atoms with Gasteiger partial charge in [0.1, 0.15) is 5.82 Å². The molecule has 1 aliphatic carbocycles. The highest BCUT2D eigenvalue weighted by Crippen LogP contribution is 2.32. The van der Waals surface area contributed by atoms with E-state index < -0.39 is 34.0 Å². The molecule has 0 saturated heterocycles. The molecule has 1 fully saturated rings. The molecule has 1 saturated carbocycles. The van der Waals surface area contributed by atoms with E-state index in [1.54, 1.807) is 0 Å². The summed E-state index contributed by atoms with van der Waals surface area (Å²) in [5, 5.41) is 10.2. The molecule has 128 valence electrons. The van der Waals surface area contributed by atoms with Gasteiger partial charge in [-0.1, -0.05) is 19.3 Å². The van der Waals surface area contributed by atoms with Crippen LogP contribution in [0.3, 0.4) is 0 Å². The Hall–Kier alpha value is -2.08. The van der Waals surface area contributed by atoms with E-state index in [0.29, 0.717) is 18.9 Å². The summed E-state index contributed by atoms with van der Waals surface area (Å²) in [6.45, 7) is 0. The van der Waals surface area contributed by atoms with Crippen molar-refractivity contribution in [2.24, 2.45) is 0 Å². The second-order valence-electron chi connectivity index (χ2n) is 6.45. The van der Waals surface area contributed by atoms with Gasteiger partial charge in [0.15, 0.2) is 28.4 Å². The summed E-state index contributed by atoms with van der Waals surface area (Å²) in [6, 6.07) is 2.43. The number of hydrogen-bond acceptors (Lipinski definition) is 4. The zero-order valence-corrected chi connectivity index (χ0v) is 13.1. The number of fused-ring (bicyclic) bond motifs is 1. The van der Waals surface area contributed by atoms with Gasteiger partial charge in [0, 0.05) is 18.6 Å². The molecule has 3 rings (SSSR count). The first kappa shape index (κ1) is 16.8. The molecule has 0 spiro atoms. The van der Waals surface area contributed by atoms with Crippen molar-refractivity contribution in [1.29, 1.82) is 0 Å². The highest BCUT2D eigenvalue weighted by molar-refractivity contribution is 5.94. The van der Waals surface area contributed by atoms with Crippen molar-refractivity contribution in [3.05, 3.63) is 45.8 Å². The summed E-state index contributed by atoms with van der Waals surface area (Å²) < 4.78 is 32.2. The summed E-state index contributed by atoms with van der Waals surface area (Å²) >= 11 is 0. The molecule has 0 bridgehead atoms. The van der Waals surface area contributed by atoms with Gasteiger partial charge in [0.05, 0.1) is 11.0 Å². The Morgan fingerprint density at radius 1 is 1.17 bits per heavy atom. The first-order chi connectivity index (χ1) is 11.4. The first-order valence-corrected chi connectivity index (χ1v) is 8.06. The van der Waals surface area contributed by atoms with E-state index >= 15 is 0 Å². The Morgan fingerprint density at radius 2 is 1.88 bits per heavy atom. The maximum absolute atomic E-state index is 13.8. The predicted molar refractivity (Wildman–Crippen MR) is 84.0 cm³/mol. The second-order valence-corrected chi connectivity index (χ2v) is 6.45. The monoisotopic (exact) mass is 336 g/mol. The lowest BCUT2D eigenvalue weighted by atomic mass is 9.81. The predicted octanol–water partition coefficient (Wildman–Crippen LogP) is 3.73. The largest absolute Gasteiger partial charge is 0.450 e. The van der Waals surface area contributed by atoms with E-state index in [-0.39, 0.29) is 24.0 Å². The van der Waals surface area contributed by atoms with Gasteiger partial charge in [-0.2, -0.15) is 0 Å². The molecule has 1 aliphatic rings. The average molecular weight is 336 g/mol. The smallest absolute Gasteiger partial charge is 0.198 e. The van der Waals surface area contributed by atoms with Gasteiger partial charge in [0.2, 0.25) is 0 Å². The van der Waals surface area contributed by atoms with Crippen LogP contribution in [-0.2, 0) is 0 Å². The number of carbonyl (C=O) groups excluding carboxylic acids is 1. The fourth-order valence-electron chi connectivity index (χ4n) is 3.25. The number of ketones is 1. The number of halogens is 2. The molecular weight excluding hydrogens is 318 g/mol. The van der Waals surface area contributed by atoms with Crippen molar-refractivity contribution in [3.8, 4) is 0 Å². The molecule has 1 heterocycles. The Labute approximate surface area is 137 Å². The zero-order chi connectivity index (χ0) is 17.3. The van der Waals surface area contributed by atoms with Crippen molar-refractivity contribution in [2.75, 3.05) is 0 Å². The third kappa shape index (κ3) is 3.38. The molecule has 6 heteroatoms. The minimum atomic E-state index is -1.03. The van der Waals surface area contributed by atoms with Crippen LogP contribution in [-0.4, -0.2) is 16.5 Å². The molecule has 1 aromatic carbocycles. The summed E-state index contributed by atoms with van der Waals surface area (Å²) in [7, 11) is 0. The van der Waals surface area contributed by atoms with E-state index in [1.807, 2.05) is 0 Å². The lowest BCUT2D eigenvalue weighted by Crippen LogP contribution is -2.31. The van der Waals surface area contributed by atoms with Crippen LogP contribution in [0.25, 0.3) is 11.0 Å². The highest BCUT2D eigenvalue weighted by Gasteiger charge is 2.30. The van der Waals surface area contributed by atoms with E-state index in [1.165, 1.54) is 0 Å². The Morgan fingerprint density at radius 3 is 2.58 bits per heavy atom. The second kappa shape index (κ2) is 6.43. The molecule has 1 N–H and O–H groups in total. The number of carbonyl (C=O) groups is 1. The van der Waals surface area contributed by atoms with Crippen LogP contribution >= 0.6 is 0 Å². The third-order valence-corrected chi connectivity index (χ3v) is 4.62. The van der Waals surface area contributed by atoms with Crippen molar-refractivity contribution in [1.82, 2.24) is 0 Å². The van der Waals surface area contributed by atoms with Gasteiger partial charge >= 0.3 is 0 Å². The van der Waals surface area contributed by atoms with Crippen molar-refractivity contribution in [3.63, 3.8) is 0 Å². The number of rotatable bonds is 4. The normalized spacial score (nSPS) is 17.1. The van der Waals surface area contributed by atoms with E-state index in [9.17, 15) is 23.5 Å². The SMILES string of the molecule is O=C(CCC1(O)CCCCC1)c1cc(=O)c2cc(F)cc(F)c2o1. The first-order valence-electron chi connectivity index (χ1n) is 8.06. The molecular formula is C18H18F2O4. The minimum Gasteiger partial charge on any atom is -0.450 e. The fourth-order valence-corrected chi connectivity index (χ4v) is 3.25. The number of benzene rings is 1. The summed E-state index contributed by atoms with van der Waals surface area (Å²) in [4.78, 5) is 24.2. The molecule has 2 aromatic rings. The molecule has 1 aromatic heterocycles. The van der Waals surface area contributed by atoms with E-state index in [0.717, 1.165) is 31.4 Å². The molecule has 0 radical (unpaired) electrons. The van der Waals surface area contributed by atoms with Crippen LogP contribution in [0.2, 0.25) is 0 Å². The van der Waals surface area contributed by atoms with E-state index in [4.69, 9.17) is 4.42 Å². The Kier molecular flexibility index (Phi) is 4.49. The van der Waals surface area contributed by atoms with Crippen LogP contribution < -0.4 is 5.43 Å². The topological polar surface area (TPSA) is 67.5 Å². The molecule has 4 nitrogen and oxygen atoms in total. The molecule has 0 amide bonds. The van der Waals surface area contributed by atoms with Gasteiger partial charge in [-0.15, -0.1) is 0 Å². The average Bonchev–Trinajstić information content (AvgIpc) is 2.54. The molecule has 0 aliphatic heterocycles. The Bertz CT molecular complexity index is 835. The number of aliphatic hydroxyl groups is 1. The standard InChI is InChI=1S/C18H18F2O4/c19-11-8-12-15(22)10-16(24-17(12)13(20)9-11)14(21)4-7-18(23)5-2-1-3-6-18/h8-10,23H,1-7H2. The molecule has 24 heavy (non-hydrogen) atoms. The van der Waals surface area contributed by atoms with Crippen LogP contribution in [0.1, 0.15) is 55.5 Å². The maximum Gasteiger partial charge on any atom is 0.198 e. The van der Waals surface area contributed by atoms with Crippen LogP contribution in [0.5, 0.6) is 0 Å². The fraction of sp³-hybridized carbons (Fsp3) is 0.444. The van der Waals surface area contributed by atoms with Gasteiger partial charge in [-0.3, -0.25) is 9.59 Å². The third-order valence-electron chi connectivity index (χ3n) is 4.62. The van der Waals surface area contributed by atoms with Crippen LogP contribution in [0.15, 0.2) is 27.4 Å². The van der Waals surface area contributed by atoms with Crippen molar-refractivity contribution in [2.45, 2.75) is 50.5 Å². The van der Waals surface area contributed by atoms with Gasteiger partial charge in [0.25, 0.3) is 0 Å². The van der Waals surface area contributed by atoms with E-state index in [2.05, 4.69) is 0 Å². The quantitative estimate of drug-likeness (QED) is 0.864. The van der Waals surface area contributed by atoms with Crippen molar-refractivity contribution >= 4 is 16.8 Å². The summed E-state index contributed by atoms with van der Waals surface area (Å²) in [6.07, 6.45) is 4.50. The van der Waals surface area contributed by atoms with Crippen LogP contribution in [0.4, 0.5) is 8.78 Å². The summed E-state index contributed by atoms with van der Waals surface area (Å²) in [5.41, 5.74) is -1.96. The Balaban J connectivity index is 1.84. The maximum atomic E-state index is 13.8. The van der Waals surface area contributed by atoms with Crippen LogP contribution in [0, 0.1) is 11.6 Å². The lowest BCUT2D eigenvalue weighted by molar-refractivity contribution is -0.00471. The highest BCUT2D eigenvalue weighted by atomic mass is 19.1. The van der Waals surface area contributed by atoms with Crippen molar-refractivity contribution < 1.29 is 23.1 Å². The summed E-state index contributed by atoms with van der Waals surface area (Å²) in [5.74, 6) is -2.65. The zero-order valence-electron chi connectivity index (χ0n) is 13.1. The molecule has 0 unspecified atom stereocenters. The minimum absolute atomic E-state index is 0.00770. The van der Waals surface area contributed by atoms with Gasteiger partial charge < -0.3 is 9.52 Å². The molecule has 0 atom stereocenters. The van der Waals surface area contributed by atoms with Gasteiger partial charge in [-0.05, 0) is 25.3 Å².